The van der Waals surface area contributed by atoms with Crippen molar-refractivity contribution in [3.05, 3.63) is 29.6 Å². The molecule has 124 valence electrons. The van der Waals surface area contributed by atoms with Gasteiger partial charge in [-0.1, -0.05) is 6.92 Å². The molecule has 1 aliphatic rings. The molecule has 2 rings (SSSR count). The molecule has 8 heteroatoms. The van der Waals surface area contributed by atoms with Crippen molar-refractivity contribution in [3.63, 3.8) is 0 Å². The van der Waals surface area contributed by atoms with Crippen molar-refractivity contribution in [2.75, 3.05) is 11.9 Å². The fourth-order valence-corrected chi connectivity index (χ4v) is 2.19. The van der Waals surface area contributed by atoms with E-state index >= 15 is 0 Å². The second kappa shape index (κ2) is 6.23. The van der Waals surface area contributed by atoms with E-state index in [4.69, 9.17) is 0 Å². The summed E-state index contributed by atoms with van der Waals surface area (Å²) >= 11 is 0. The van der Waals surface area contributed by atoms with E-state index < -0.39 is 23.4 Å². The third-order valence-electron chi connectivity index (χ3n) is 3.83. The Balaban J connectivity index is 1.95. The lowest BCUT2D eigenvalue weighted by Crippen LogP contribution is -2.50. The molecule has 1 aromatic rings. The lowest BCUT2D eigenvalue weighted by atomic mass is 10.00. The summed E-state index contributed by atoms with van der Waals surface area (Å²) in [7, 11) is 0. The maximum absolute atomic E-state index is 13.0. The van der Waals surface area contributed by atoms with Gasteiger partial charge in [0.05, 0.1) is 6.54 Å². The Kier molecular flexibility index (Phi) is 4.53. The number of amides is 4. The molecule has 0 saturated carbocycles. The highest BCUT2D eigenvalue weighted by atomic mass is 19.1. The third-order valence-corrected chi connectivity index (χ3v) is 3.83. The Morgan fingerprint density at radius 1 is 1.39 bits per heavy atom. The van der Waals surface area contributed by atoms with Gasteiger partial charge in [-0.05, 0) is 44.0 Å². The fourth-order valence-electron chi connectivity index (χ4n) is 2.19. The van der Waals surface area contributed by atoms with Crippen molar-refractivity contribution in [2.24, 2.45) is 0 Å². The van der Waals surface area contributed by atoms with Crippen molar-refractivity contribution in [3.8, 4) is 0 Å². The first-order valence-electron chi connectivity index (χ1n) is 7.23. The smallest absolute Gasteiger partial charge is 0.344 e. The van der Waals surface area contributed by atoms with Crippen LogP contribution in [0.25, 0.3) is 0 Å². The zero-order valence-corrected chi connectivity index (χ0v) is 13.2. The molecular weight excluding hydrogens is 303 g/mol. The summed E-state index contributed by atoms with van der Waals surface area (Å²) in [5, 5.41) is 6.05. The van der Waals surface area contributed by atoms with Crippen LogP contribution >= 0.6 is 0 Å². The monoisotopic (exact) mass is 322 g/mol. The van der Waals surface area contributed by atoms with Gasteiger partial charge in [-0.3, -0.25) is 15.0 Å². The first-order valence-corrected chi connectivity index (χ1v) is 7.23. The number of halogens is 1. The van der Waals surface area contributed by atoms with Gasteiger partial charge in [0, 0.05) is 5.69 Å². The van der Waals surface area contributed by atoms with E-state index in [9.17, 15) is 18.8 Å². The number of urea groups is 1. The second-order valence-electron chi connectivity index (χ2n) is 5.60. The Morgan fingerprint density at radius 3 is 2.65 bits per heavy atom. The molecule has 1 fully saturated rings. The Morgan fingerprint density at radius 2 is 2.09 bits per heavy atom. The SMILES string of the molecule is CCC1(C)NC(=O)N(NC(=O)CNc2ccc(F)cc2C)C1=O. The molecule has 3 N–H and O–H groups in total. The first-order chi connectivity index (χ1) is 10.8. The van der Waals surface area contributed by atoms with E-state index in [1.54, 1.807) is 20.8 Å². The van der Waals surface area contributed by atoms with Gasteiger partial charge >= 0.3 is 6.03 Å². The average Bonchev–Trinajstić information content (AvgIpc) is 2.70. The van der Waals surface area contributed by atoms with Crippen molar-refractivity contribution in [1.82, 2.24) is 15.8 Å². The third kappa shape index (κ3) is 3.41. The normalized spacial score (nSPS) is 20.4. The zero-order valence-electron chi connectivity index (χ0n) is 13.2. The molecule has 4 amide bonds. The summed E-state index contributed by atoms with van der Waals surface area (Å²) < 4.78 is 13.0. The second-order valence-corrected chi connectivity index (χ2v) is 5.60. The molecule has 0 aliphatic carbocycles. The lowest BCUT2D eigenvalue weighted by molar-refractivity contribution is -0.138. The molecule has 1 aliphatic heterocycles. The highest BCUT2D eigenvalue weighted by Gasteiger charge is 2.47. The van der Waals surface area contributed by atoms with Crippen LogP contribution in [0.3, 0.4) is 0 Å². The van der Waals surface area contributed by atoms with Gasteiger partial charge in [0.25, 0.3) is 11.8 Å². The largest absolute Gasteiger partial charge is 0.376 e. The molecule has 0 bridgehead atoms. The highest BCUT2D eigenvalue weighted by Crippen LogP contribution is 2.19. The van der Waals surface area contributed by atoms with Crippen LogP contribution in [0.4, 0.5) is 14.9 Å². The number of anilines is 1. The van der Waals surface area contributed by atoms with Gasteiger partial charge in [0.1, 0.15) is 11.4 Å². The summed E-state index contributed by atoms with van der Waals surface area (Å²) in [6.07, 6.45) is 0.414. The van der Waals surface area contributed by atoms with Gasteiger partial charge in [-0.15, -0.1) is 0 Å². The van der Waals surface area contributed by atoms with Crippen molar-refractivity contribution in [1.29, 1.82) is 0 Å². The molecular formula is C15H19FN4O3. The molecule has 1 saturated heterocycles. The molecule has 7 nitrogen and oxygen atoms in total. The maximum Gasteiger partial charge on any atom is 0.344 e. The van der Waals surface area contributed by atoms with Gasteiger partial charge in [0.2, 0.25) is 0 Å². The van der Waals surface area contributed by atoms with Crippen LogP contribution in [0.15, 0.2) is 18.2 Å². The van der Waals surface area contributed by atoms with E-state index in [0.717, 1.165) is 0 Å². The minimum absolute atomic E-state index is 0.160. The highest BCUT2D eigenvalue weighted by molar-refractivity contribution is 6.07. The van der Waals surface area contributed by atoms with Gasteiger partial charge in [0.15, 0.2) is 0 Å². The Hall–Kier alpha value is -2.64. The molecule has 1 atom stereocenters. The number of hydrogen-bond donors (Lipinski definition) is 3. The van der Waals surface area contributed by atoms with Gasteiger partial charge in [-0.2, -0.15) is 5.01 Å². The minimum atomic E-state index is -1.01. The standard InChI is InChI=1S/C15H19FN4O3/c1-4-15(3)13(22)20(14(23)18-15)19-12(21)8-17-11-6-5-10(16)7-9(11)2/h5-7,17H,4,8H2,1-3H3,(H,18,23)(H,19,21). The number of nitrogens with zero attached hydrogens (tertiary/aromatic N) is 1. The topological polar surface area (TPSA) is 90.5 Å². The predicted octanol–water partition coefficient (Wildman–Crippen LogP) is 1.30. The summed E-state index contributed by atoms with van der Waals surface area (Å²) in [6.45, 7) is 4.90. The van der Waals surface area contributed by atoms with Crippen molar-refractivity contribution in [2.45, 2.75) is 32.7 Å². The molecule has 0 spiro atoms. The number of hydrazine groups is 1. The molecule has 0 aromatic heterocycles. The van der Waals surface area contributed by atoms with Crippen LogP contribution in [-0.4, -0.2) is 34.9 Å². The summed E-state index contributed by atoms with van der Waals surface area (Å²) in [5.41, 5.74) is 2.50. The number of carbonyl (C=O) groups is 3. The summed E-state index contributed by atoms with van der Waals surface area (Å²) in [6, 6.07) is 3.47. The van der Waals surface area contributed by atoms with Crippen LogP contribution in [0.5, 0.6) is 0 Å². The lowest BCUT2D eigenvalue weighted by Gasteiger charge is -2.19. The first kappa shape index (κ1) is 16.7. The number of hydrogen-bond acceptors (Lipinski definition) is 4. The Labute approximate surface area is 133 Å². The average molecular weight is 322 g/mol. The summed E-state index contributed by atoms with van der Waals surface area (Å²) in [5.74, 6) is -1.43. The number of carbonyl (C=O) groups excluding carboxylic acids is 3. The van der Waals surface area contributed by atoms with Crippen LogP contribution in [0, 0.1) is 12.7 Å². The fraction of sp³-hybridized carbons (Fsp3) is 0.400. The van der Waals surface area contributed by atoms with Gasteiger partial charge < -0.3 is 10.6 Å². The van der Waals surface area contributed by atoms with E-state index in [1.165, 1.54) is 18.2 Å². The quantitative estimate of drug-likeness (QED) is 0.713. The van der Waals surface area contributed by atoms with Crippen LogP contribution in [0.1, 0.15) is 25.8 Å². The van der Waals surface area contributed by atoms with Crippen molar-refractivity contribution >= 4 is 23.5 Å². The van der Waals surface area contributed by atoms with E-state index in [2.05, 4.69) is 16.1 Å². The number of nitrogens with one attached hydrogen (secondary N) is 3. The predicted molar refractivity (Wildman–Crippen MR) is 81.8 cm³/mol. The Bertz CT molecular complexity index is 664. The number of imide groups is 1. The number of benzene rings is 1. The molecule has 23 heavy (non-hydrogen) atoms. The van der Waals surface area contributed by atoms with E-state index in [0.29, 0.717) is 22.7 Å². The minimum Gasteiger partial charge on any atom is -0.376 e. The molecule has 1 aromatic carbocycles. The number of aryl methyl sites for hydroxylation is 1. The number of rotatable bonds is 5. The summed E-state index contributed by atoms with van der Waals surface area (Å²) in [4.78, 5) is 35.8. The van der Waals surface area contributed by atoms with E-state index in [-0.39, 0.29) is 12.4 Å². The van der Waals surface area contributed by atoms with Crippen LogP contribution in [0.2, 0.25) is 0 Å². The molecule has 1 unspecified atom stereocenters. The zero-order chi connectivity index (χ0) is 17.2. The van der Waals surface area contributed by atoms with Crippen LogP contribution in [-0.2, 0) is 9.59 Å². The maximum atomic E-state index is 13.0. The van der Waals surface area contributed by atoms with Crippen LogP contribution < -0.4 is 16.1 Å². The van der Waals surface area contributed by atoms with Crippen molar-refractivity contribution < 1.29 is 18.8 Å². The van der Waals surface area contributed by atoms with E-state index in [1.807, 2.05) is 0 Å². The van der Waals surface area contributed by atoms with Gasteiger partial charge in [-0.25, -0.2) is 9.18 Å². The molecule has 1 heterocycles. The molecule has 0 radical (unpaired) electrons.